The molecule has 1 N–H and O–H groups in total. The molecule has 0 radical (unpaired) electrons. The summed E-state index contributed by atoms with van der Waals surface area (Å²) >= 11 is 0. The van der Waals surface area contributed by atoms with Crippen LogP contribution in [0, 0.1) is 6.92 Å². The smallest absolute Gasteiger partial charge is 0.164 e. The molecule has 0 amide bonds. The Hall–Kier alpha value is -1.19. The highest BCUT2D eigenvalue weighted by Gasteiger charge is 2.13. The molecule has 1 heterocycles. The van der Waals surface area contributed by atoms with E-state index in [1.807, 2.05) is 31.2 Å². The highest BCUT2D eigenvalue weighted by Crippen LogP contribution is 2.10. The van der Waals surface area contributed by atoms with Crippen LogP contribution in [0.5, 0.6) is 0 Å². The molecule has 3 nitrogen and oxygen atoms in total. The molecule has 0 spiro atoms. The van der Waals surface area contributed by atoms with Crippen LogP contribution < -0.4 is 5.32 Å². The Morgan fingerprint density at radius 3 is 2.71 bits per heavy atom. The molecule has 3 heteroatoms. The minimum Gasteiger partial charge on any atom is -0.314 e. The van der Waals surface area contributed by atoms with Crippen LogP contribution in [-0.2, 0) is 0 Å². The minimum absolute atomic E-state index is 0.265. The first-order valence-electron chi connectivity index (χ1n) is 6.29. The lowest BCUT2D eigenvalue weighted by atomic mass is 10.0. The first-order valence-corrected chi connectivity index (χ1v) is 6.29. The third-order valence-electron chi connectivity index (χ3n) is 3.31. The normalized spacial score (nSPS) is 17.0. The molecule has 0 aromatic heterocycles. The summed E-state index contributed by atoms with van der Waals surface area (Å²) in [7, 11) is 0. The maximum atomic E-state index is 12.1. The molecule has 1 aromatic carbocycles. The molecule has 0 atom stereocenters. The molecule has 1 aliphatic heterocycles. The summed E-state index contributed by atoms with van der Waals surface area (Å²) in [5.41, 5.74) is 1.96. The summed E-state index contributed by atoms with van der Waals surface area (Å²) in [6.07, 6.45) is 0.630. The SMILES string of the molecule is Cc1ccccc1C(=O)CCN1CCNCC1. The summed E-state index contributed by atoms with van der Waals surface area (Å²) in [6.45, 7) is 7.08. The lowest BCUT2D eigenvalue weighted by Crippen LogP contribution is -2.44. The standard InChI is InChI=1S/C14H20N2O/c1-12-4-2-3-5-13(12)14(17)6-9-16-10-7-15-8-11-16/h2-5,15H,6-11H2,1H3. The van der Waals surface area contributed by atoms with Gasteiger partial charge >= 0.3 is 0 Å². The second-order valence-electron chi connectivity index (χ2n) is 4.58. The maximum absolute atomic E-state index is 12.1. The number of Topliss-reactive ketones (excluding diaryl/α,β-unsaturated/α-hetero) is 1. The van der Waals surface area contributed by atoms with Gasteiger partial charge in [0.15, 0.2) is 5.78 Å². The van der Waals surface area contributed by atoms with Gasteiger partial charge in [-0.25, -0.2) is 0 Å². The number of benzene rings is 1. The van der Waals surface area contributed by atoms with Gasteiger partial charge in [0.2, 0.25) is 0 Å². The number of piperazine rings is 1. The van der Waals surface area contributed by atoms with Crippen molar-refractivity contribution >= 4 is 5.78 Å². The minimum atomic E-state index is 0.265. The van der Waals surface area contributed by atoms with Crippen molar-refractivity contribution in [2.75, 3.05) is 32.7 Å². The number of nitrogens with zero attached hydrogens (tertiary/aromatic N) is 1. The second-order valence-corrected chi connectivity index (χ2v) is 4.58. The summed E-state index contributed by atoms with van der Waals surface area (Å²) < 4.78 is 0. The Morgan fingerprint density at radius 2 is 2.00 bits per heavy atom. The predicted molar refractivity (Wildman–Crippen MR) is 69.4 cm³/mol. The summed E-state index contributed by atoms with van der Waals surface area (Å²) in [5, 5.41) is 3.32. The van der Waals surface area contributed by atoms with E-state index in [-0.39, 0.29) is 5.78 Å². The number of nitrogens with one attached hydrogen (secondary N) is 1. The van der Waals surface area contributed by atoms with Gasteiger partial charge in [0.25, 0.3) is 0 Å². The fourth-order valence-corrected chi connectivity index (χ4v) is 2.21. The van der Waals surface area contributed by atoms with E-state index in [2.05, 4.69) is 10.2 Å². The van der Waals surface area contributed by atoms with Gasteiger partial charge in [-0.05, 0) is 12.5 Å². The predicted octanol–water partition coefficient (Wildman–Crippen LogP) is 1.47. The third-order valence-corrected chi connectivity index (χ3v) is 3.31. The molecule has 1 fully saturated rings. The van der Waals surface area contributed by atoms with Gasteiger partial charge in [-0.1, -0.05) is 24.3 Å². The van der Waals surface area contributed by atoms with E-state index in [1.54, 1.807) is 0 Å². The Kier molecular flexibility index (Phi) is 4.29. The van der Waals surface area contributed by atoms with Crippen molar-refractivity contribution in [3.63, 3.8) is 0 Å². The summed E-state index contributed by atoms with van der Waals surface area (Å²) in [6, 6.07) is 7.83. The van der Waals surface area contributed by atoms with E-state index in [0.717, 1.165) is 43.9 Å². The summed E-state index contributed by atoms with van der Waals surface area (Å²) in [5.74, 6) is 0.265. The van der Waals surface area contributed by atoms with Crippen LogP contribution in [0.25, 0.3) is 0 Å². The van der Waals surface area contributed by atoms with Crippen molar-refractivity contribution in [2.24, 2.45) is 0 Å². The molecule has 17 heavy (non-hydrogen) atoms. The van der Waals surface area contributed by atoms with Gasteiger partial charge in [0, 0.05) is 44.7 Å². The number of hydrogen-bond donors (Lipinski definition) is 1. The van der Waals surface area contributed by atoms with E-state index in [9.17, 15) is 4.79 Å². The zero-order chi connectivity index (χ0) is 12.1. The lowest BCUT2D eigenvalue weighted by molar-refractivity contribution is 0.0960. The topological polar surface area (TPSA) is 32.3 Å². The molecule has 2 rings (SSSR count). The fraction of sp³-hybridized carbons (Fsp3) is 0.500. The number of ketones is 1. The highest BCUT2D eigenvalue weighted by molar-refractivity contribution is 5.97. The molecule has 0 saturated carbocycles. The van der Waals surface area contributed by atoms with Crippen molar-refractivity contribution in [1.82, 2.24) is 10.2 Å². The second kappa shape index (κ2) is 5.94. The fourth-order valence-electron chi connectivity index (χ4n) is 2.21. The van der Waals surface area contributed by atoms with Crippen LogP contribution in [0.2, 0.25) is 0 Å². The first-order chi connectivity index (χ1) is 8.27. The molecule has 0 aliphatic carbocycles. The average Bonchev–Trinajstić information content (AvgIpc) is 2.38. The molecule has 1 saturated heterocycles. The largest absolute Gasteiger partial charge is 0.314 e. The van der Waals surface area contributed by atoms with Gasteiger partial charge in [0.05, 0.1) is 0 Å². The van der Waals surface area contributed by atoms with Crippen molar-refractivity contribution in [3.8, 4) is 0 Å². The average molecular weight is 232 g/mol. The van der Waals surface area contributed by atoms with E-state index >= 15 is 0 Å². The van der Waals surface area contributed by atoms with E-state index in [4.69, 9.17) is 0 Å². The Labute approximate surface area is 103 Å². The number of hydrogen-bond acceptors (Lipinski definition) is 3. The van der Waals surface area contributed by atoms with Crippen molar-refractivity contribution in [1.29, 1.82) is 0 Å². The zero-order valence-corrected chi connectivity index (χ0v) is 10.4. The number of carbonyl (C=O) groups excluding carboxylic acids is 1. The molecule has 92 valence electrons. The molecule has 1 aromatic rings. The molecular formula is C14H20N2O. The van der Waals surface area contributed by atoms with Gasteiger partial charge in [0.1, 0.15) is 0 Å². The monoisotopic (exact) mass is 232 g/mol. The zero-order valence-electron chi connectivity index (χ0n) is 10.4. The number of carbonyl (C=O) groups is 1. The van der Waals surface area contributed by atoms with Crippen LogP contribution >= 0.6 is 0 Å². The van der Waals surface area contributed by atoms with Crippen LogP contribution in [0.1, 0.15) is 22.3 Å². The van der Waals surface area contributed by atoms with Crippen molar-refractivity contribution in [2.45, 2.75) is 13.3 Å². The Balaban J connectivity index is 1.87. The van der Waals surface area contributed by atoms with Crippen LogP contribution in [0.15, 0.2) is 24.3 Å². The van der Waals surface area contributed by atoms with Gasteiger partial charge in [-0.3, -0.25) is 4.79 Å². The third kappa shape index (κ3) is 3.38. The van der Waals surface area contributed by atoms with Crippen molar-refractivity contribution < 1.29 is 4.79 Å². The Morgan fingerprint density at radius 1 is 1.29 bits per heavy atom. The maximum Gasteiger partial charge on any atom is 0.164 e. The van der Waals surface area contributed by atoms with Gasteiger partial charge < -0.3 is 10.2 Å². The van der Waals surface area contributed by atoms with Crippen LogP contribution in [0.4, 0.5) is 0 Å². The van der Waals surface area contributed by atoms with Gasteiger partial charge in [-0.2, -0.15) is 0 Å². The molecular weight excluding hydrogens is 212 g/mol. The number of rotatable bonds is 4. The lowest BCUT2D eigenvalue weighted by Gasteiger charge is -2.26. The van der Waals surface area contributed by atoms with Crippen molar-refractivity contribution in [3.05, 3.63) is 35.4 Å². The molecule has 1 aliphatic rings. The van der Waals surface area contributed by atoms with E-state index in [1.165, 1.54) is 0 Å². The molecule has 0 bridgehead atoms. The molecule has 0 unspecified atom stereocenters. The number of aryl methyl sites for hydroxylation is 1. The first kappa shape index (κ1) is 12.3. The highest BCUT2D eigenvalue weighted by atomic mass is 16.1. The van der Waals surface area contributed by atoms with Crippen LogP contribution in [0.3, 0.4) is 0 Å². The Bertz CT molecular complexity index is 384. The quantitative estimate of drug-likeness (QED) is 0.798. The van der Waals surface area contributed by atoms with E-state index in [0.29, 0.717) is 6.42 Å². The summed E-state index contributed by atoms with van der Waals surface area (Å²) in [4.78, 5) is 14.4. The van der Waals surface area contributed by atoms with Gasteiger partial charge in [-0.15, -0.1) is 0 Å². The van der Waals surface area contributed by atoms with Crippen LogP contribution in [-0.4, -0.2) is 43.4 Å². The van der Waals surface area contributed by atoms with E-state index < -0.39 is 0 Å².